The van der Waals surface area contributed by atoms with Crippen molar-refractivity contribution in [3.63, 3.8) is 0 Å². The first kappa shape index (κ1) is 21.1. The minimum Gasteiger partial charge on any atom is -0.481 e. The number of hydrogen-bond acceptors (Lipinski definition) is 3. The molecule has 0 spiro atoms. The third-order valence-electron chi connectivity index (χ3n) is 6.42. The van der Waals surface area contributed by atoms with Gasteiger partial charge in [-0.3, -0.25) is 4.79 Å². The molecule has 0 heterocycles. The van der Waals surface area contributed by atoms with E-state index in [9.17, 15) is 9.90 Å². The topological polar surface area (TPSA) is 61.4 Å². The molecule has 0 saturated heterocycles. The second-order valence-electron chi connectivity index (χ2n) is 9.22. The summed E-state index contributed by atoms with van der Waals surface area (Å²) in [6.07, 6.45) is 9.37. The van der Waals surface area contributed by atoms with Gasteiger partial charge in [-0.1, -0.05) is 48.9 Å². The zero-order chi connectivity index (χ0) is 20.1. The van der Waals surface area contributed by atoms with Crippen molar-refractivity contribution in [3.8, 4) is 0 Å². The predicted octanol–water partition coefficient (Wildman–Crippen LogP) is 4.47. The molecule has 4 heteroatoms. The van der Waals surface area contributed by atoms with Crippen LogP contribution in [-0.4, -0.2) is 35.7 Å². The second-order valence-corrected chi connectivity index (χ2v) is 9.22. The second kappa shape index (κ2) is 9.23. The lowest BCUT2D eigenvalue weighted by Gasteiger charge is -2.32. The summed E-state index contributed by atoms with van der Waals surface area (Å²) < 4.78 is 0. The van der Waals surface area contributed by atoms with Crippen molar-refractivity contribution in [2.45, 2.75) is 77.4 Å². The zero-order valence-electron chi connectivity index (χ0n) is 17.6. The van der Waals surface area contributed by atoms with E-state index in [1.807, 2.05) is 0 Å². The van der Waals surface area contributed by atoms with Gasteiger partial charge in [0.2, 0.25) is 0 Å². The van der Waals surface area contributed by atoms with E-state index in [4.69, 9.17) is 0 Å². The Balaban J connectivity index is 1.41. The molecule has 0 bridgehead atoms. The van der Waals surface area contributed by atoms with Crippen LogP contribution in [0.4, 0.5) is 0 Å². The highest BCUT2D eigenvalue weighted by atomic mass is 16.4. The van der Waals surface area contributed by atoms with Crippen LogP contribution >= 0.6 is 0 Å². The van der Waals surface area contributed by atoms with E-state index in [1.165, 1.54) is 24.8 Å². The Hall–Kier alpha value is -1.65. The summed E-state index contributed by atoms with van der Waals surface area (Å²) in [6, 6.07) is 12.3. The molecular formula is C24H36N2O2. The average Bonchev–Trinajstić information content (AvgIpc) is 3.45. The van der Waals surface area contributed by atoms with Crippen molar-refractivity contribution in [1.82, 2.24) is 10.6 Å². The third kappa shape index (κ3) is 5.68. The van der Waals surface area contributed by atoms with Crippen LogP contribution in [0.2, 0.25) is 0 Å². The quantitative estimate of drug-likeness (QED) is 0.588. The fraction of sp³-hybridized carbons (Fsp3) is 0.625. The monoisotopic (exact) mass is 384 g/mol. The SMILES string of the molecule is CC/C(=C\c1ccccc1)[C@@H]1CC1NC1CCC(NCC(C)(C)C(=O)O)CC1. The average molecular weight is 385 g/mol. The smallest absolute Gasteiger partial charge is 0.310 e. The van der Waals surface area contributed by atoms with E-state index in [0.717, 1.165) is 19.3 Å². The third-order valence-corrected chi connectivity index (χ3v) is 6.42. The Morgan fingerprint density at radius 2 is 1.79 bits per heavy atom. The molecule has 2 aliphatic rings. The molecule has 1 aromatic carbocycles. The van der Waals surface area contributed by atoms with Crippen molar-refractivity contribution in [2.75, 3.05) is 6.54 Å². The molecule has 3 N–H and O–H groups in total. The molecule has 0 aliphatic heterocycles. The molecule has 2 saturated carbocycles. The van der Waals surface area contributed by atoms with E-state index in [-0.39, 0.29) is 0 Å². The standard InChI is InChI=1S/C24H36N2O2/c1-4-18(14-17-8-6-5-7-9-17)21-15-22(21)26-20-12-10-19(11-13-20)25-16-24(2,3)23(27)28/h5-9,14,19-22,25-26H,4,10-13,15-16H2,1-3H3,(H,27,28)/b18-14+/t19?,20?,21-,22?/m0/s1. The van der Waals surface area contributed by atoms with Gasteiger partial charge in [-0.2, -0.15) is 0 Å². The van der Waals surface area contributed by atoms with Crippen LogP contribution in [-0.2, 0) is 4.79 Å². The van der Waals surface area contributed by atoms with Crippen LogP contribution in [0, 0.1) is 11.3 Å². The highest BCUT2D eigenvalue weighted by Gasteiger charge is 2.40. The van der Waals surface area contributed by atoms with Crippen LogP contribution in [0.3, 0.4) is 0 Å². The number of carboxylic acids is 1. The van der Waals surface area contributed by atoms with Crippen LogP contribution in [0.25, 0.3) is 6.08 Å². The Labute approximate surface area is 169 Å². The molecule has 0 aromatic heterocycles. The van der Waals surface area contributed by atoms with Gasteiger partial charge in [0, 0.05) is 24.7 Å². The molecule has 2 aliphatic carbocycles. The lowest BCUT2D eigenvalue weighted by molar-refractivity contribution is -0.146. The molecule has 0 amide bonds. The van der Waals surface area contributed by atoms with Gasteiger partial charge in [0.15, 0.2) is 0 Å². The number of rotatable bonds is 9. The Morgan fingerprint density at radius 1 is 1.14 bits per heavy atom. The lowest BCUT2D eigenvalue weighted by atomic mass is 9.88. The van der Waals surface area contributed by atoms with Crippen LogP contribution in [0.5, 0.6) is 0 Å². The van der Waals surface area contributed by atoms with Gasteiger partial charge in [-0.15, -0.1) is 0 Å². The van der Waals surface area contributed by atoms with E-state index in [0.29, 0.717) is 30.6 Å². The number of carboxylic acid groups (broad SMARTS) is 1. The van der Waals surface area contributed by atoms with E-state index in [1.54, 1.807) is 19.4 Å². The number of nitrogens with one attached hydrogen (secondary N) is 2. The molecule has 154 valence electrons. The van der Waals surface area contributed by atoms with E-state index >= 15 is 0 Å². The van der Waals surface area contributed by atoms with Crippen molar-refractivity contribution in [1.29, 1.82) is 0 Å². The first-order chi connectivity index (χ1) is 13.4. The molecule has 2 fully saturated rings. The maximum Gasteiger partial charge on any atom is 0.310 e. The first-order valence-electron chi connectivity index (χ1n) is 10.9. The Kier molecular flexibility index (Phi) is 6.95. The molecule has 1 unspecified atom stereocenters. The number of carbonyl (C=O) groups is 1. The van der Waals surface area contributed by atoms with Crippen LogP contribution in [0.1, 0.15) is 64.9 Å². The summed E-state index contributed by atoms with van der Waals surface area (Å²) in [5.74, 6) is -0.0390. The minimum atomic E-state index is -0.731. The molecule has 1 aromatic rings. The van der Waals surface area contributed by atoms with Crippen molar-refractivity contribution in [2.24, 2.45) is 11.3 Å². The summed E-state index contributed by atoms with van der Waals surface area (Å²) in [7, 11) is 0. The summed E-state index contributed by atoms with van der Waals surface area (Å²) in [4.78, 5) is 11.2. The summed E-state index contributed by atoms with van der Waals surface area (Å²) in [6.45, 7) is 6.38. The molecule has 4 nitrogen and oxygen atoms in total. The minimum absolute atomic E-state index is 0.454. The van der Waals surface area contributed by atoms with Crippen LogP contribution in [0.15, 0.2) is 35.9 Å². The number of benzene rings is 1. The molecule has 0 radical (unpaired) electrons. The summed E-state index contributed by atoms with van der Waals surface area (Å²) >= 11 is 0. The first-order valence-corrected chi connectivity index (χ1v) is 10.9. The van der Waals surface area contributed by atoms with Crippen LogP contribution < -0.4 is 10.6 Å². The van der Waals surface area contributed by atoms with Gasteiger partial charge in [0.1, 0.15) is 0 Å². The van der Waals surface area contributed by atoms with Gasteiger partial charge < -0.3 is 15.7 Å². The molecule has 28 heavy (non-hydrogen) atoms. The van der Waals surface area contributed by atoms with Gasteiger partial charge in [0.25, 0.3) is 0 Å². The Bertz CT molecular complexity index is 675. The number of aliphatic carboxylic acids is 1. The molecule has 2 atom stereocenters. The summed E-state index contributed by atoms with van der Waals surface area (Å²) in [5, 5.41) is 16.6. The molecule has 3 rings (SSSR count). The maximum absolute atomic E-state index is 11.2. The highest BCUT2D eigenvalue weighted by Crippen LogP contribution is 2.40. The summed E-state index contributed by atoms with van der Waals surface area (Å²) in [5.41, 5.74) is 2.17. The fourth-order valence-electron chi connectivity index (χ4n) is 4.27. The predicted molar refractivity (Wildman–Crippen MR) is 115 cm³/mol. The van der Waals surface area contributed by atoms with Gasteiger partial charge in [0.05, 0.1) is 5.41 Å². The fourth-order valence-corrected chi connectivity index (χ4v) is 4.27. The van der Waals surface area contributed by atoms with Crippen molar-refractivity contribution in [3.05, 3.63) is 41.5 Å². The highest BCUT2D eigenvalue weighted by molar-refractivity contribution is 5.73. The van der Waals surface area contributed by atoms with Crippen molar-refractivity contribution < 1.29 is 9.90 Å². The van der Waals surface area contributed by atoms with E-state index in [2.05, 4.69) is 54.0 Å². The normalized spacial score (nSPS) is 28.2. The Morgan fingerprint density at radius 3 is 2.39 bits per heavy atom. The van der Waals surface area contributed by atoms with E-state index < -0.39 is 11.4 Å². The maximum atomic E-state index is 11.2. The van der Waals surface area contributed by atoms with Gasteiger partial charge in [-0.25, -0.2) is 0 Å². The molecular weight excluding hydrogens is 348 g/mol. The number of hydrogen-bond donors (Lipinski definition) is 3. The van der Waals surface area contributed by atoms with Gasteiger partial charge >= 0.3 is 5.97 Å². The zero-order valence-corrected chi connectivity index (χ0v) is 17.6. The largest absolute Gasteiger partial charge is 0.481 e. The van der Waals surface area contributed by atoms with Gasteiger partial charge in [-0.05, 0) is 63.9 Å². The van der Waals surface area contributed by atoms with Crippen molar-refractivity contribution >= 4 is 12.0 Å². The lowest BCUT2D eigenvalue weighted by Crippen LogP contribution is -2.45.